The number of carbonyl (C=O) groups excluding carboxylic acids is 1. The number of carbonyl (C=O) groups is 1. The molecule has 164 valence electrons. The highest BCUT2D eigenvalue weighted by Gasteiger charge is 2.24. The molecule has 31 heavy (non-hydrogen) atoms. The van der Waals surface area contributed by atoms with E-state index >= 15 is 0 Å². The first-order valence-corrected chi connectivity index (χ1v) is 12.6. The Balaban J connectivity index is 1.69. The summed E-state index contributed by atoms with van der Waals surface area (Å²) in [5, 5.41) is 2.61. The van der Waals surface area contributed by atoms with Gasteiger partial charge in [0.15, 0.2) is 0 Å². The highest BCUT2D eigenvalue weighted by Crippen LogP contribution is 2.30. The van der Waals surface area contributed by atoms with Gasteiger partial charge in [-0.2, -0.15) is 0 Å². The van der Waals surface area contributed by atoms with Crippen LogP contribution in [0.15, 0.2) is 40.7 Å². The summed E-state index contributed by atoms with van der Waals surface area (Å²) in [6.45, 7) is 7.32. The number of aryl methyl sites for hydroxylation is 2. The maximum atomic E-state index is 13.2. The first kappa shape index (κ1) is 21.6. The van der Waals surface area contributed by atoms with Gasteiger partial charge in [-0.15, -0.1) is 11.3 Å². The zero-order chi connectivity index (χ0) is 22.2. The molecular weight excluding hydrogens is 432 g/mol. The zero-order valence-electron chi connectivity index (χ0n) is 17.9. The Hall–Kier alpha value is -2.65. The first-order chi connectivity index (χ1) is 14.7. The predicted octanol–water partition coefficient (Wildman–Crippen LogP) is 3.96. The molecule has 2 aromatic heterocycles. The van der Waals surface area contributed by atoms with E-state index in [1.807, 2.05) is 43.2 Å². The minimum atomic E-state index is -3.83. The van der Waals surface area contributed by atoms with Crippen LogP contribution in [-0.2, 0) is 21.4 Å². The number of likely N-dealkylation sites (tertiary alicyclic amines) is 1. The number of rotatable bonds is 6. The number of anilines is 1. The maximum Gasteiger partial charge on any atom is 0.263 e. The summed E-state index contributed by atoms with van der Waals surface area (Å²) in [7, 11) is -3.83. The molecule has 0 atom stereocenters. The van der Waals surface area contributed by atoms with E-state index in [1.54, 1.807) is 16.7 Å². The molecule has 0 saturated carbocycles. The van der Waals surface area contributed by atoms with Crippen LogP contribution in [0.4, 0.5) is 5.69 Å². The van der Waals surface area contributed by atoms with Crippen LogP contribution >= 0.6 is 11.3 Å². The molecule has 0 spiro atoms. The van der Waals surface area contributed by atoms with Crippen LogP contribution in [-0.4, -0.2) is 41.9 Å². The number of hydrogen-bond donors (Lipinski definition) is 1. The van der Waals surface area contributed by atoms with Gasteiger partial charge >= 0.3 is 0 Å². The number of benzene rings is 1. The Morgan fingerprint density at radius 1 is 1.19 bits per heavy atom. The number of hydrogen-bond acceptors (Lipinski definition) is 5. The van der Waals surface area contributed by atoms with Gasteiger partial charge in [0.2, 0.25) is 5.91 Å². The number of thiazole rings is 1. The minimum absolute atomic E-state index is 0.00550. The van der Waals surface area contributed by atoms with Gasteiger partial charge in [0.05, 0.1) is 11.4 Å². The second-order valence-corrected chi connectivity index (χ2v) is 10.5. The lowest BCUT2D eigenvalue weighted by molar-refractivity contribution is -0.130. The van der Waals surface area contributed by atoms with Crippen molar-refractivity contribution in [3.8, 4) is 10.7 Å². The molecular formula is C22H26N4O3S2. The Bertz CT molecular complexity index is 1220. The van der Waals surface area contributed by atoms with E-state index in [0.717, 1.165) is 42.8 Å². The smallest absolute Gasteiger partial charge is 0.263 e. The third-order valence-corrected chi connectivity index (χ3v) is 7.95. The Kier molecular flexibility index (Phi) is 5.90. The lowest BCUT2D eigenvalue weighted by Gasteiger charge is -2.16. The summed E-state index contributed by atoms with van der Waals surface area (Å²) >= 11 is 1.44. The van der Waals surface area contributed by atoms with Gasteiger partial charge in [-0.1, -0.05) is 12.1 Å². The van der Waals surface area contributed by atoms with Crippen LogP contribution in [0.25, 0.3) is 10.7 Å². The van der Waals surface area contributed by atoms with E-state index in [9.17, 15) is 13.2 Å². The van der Waals surface area contributed by atoms with Crippen molar-refractivity contribution in [3.63, 3.8) is 0 Å². The molecule has 1 aliphatic heterocycles. The van der Waals surface area contributed by atoms with Gasteiger partial charge in [-0.25, -0.2) is 13.4 Å². The number of sulfonamides is 1. The molecule has 1 fully saturated rings. The molecule has 3 aromatic rings. The van der Waals surface area contributed by atoms with Crippen molar-refractivity contribution in [1.82, 2.24) is 14.5 Å². The highest BCUT2D eigenvalue weighted by molar-refractivity contribution is 7.92. The molecule has 0 unspecified atom stereocenters. The van der Waals surface area contributed by atoms with E-state index in [1.165, 1.54) is 17.5 Å². The summed E-state index contributed by atoms with van der Waals surface area (Å²) in [5.74, 6) is -0.00550. The predicted molar refractivity (Wildman–Crippen MR) is 123 cm³/mol. The van der Waals surface area contributed by atoms with Crippen LogP contribution in [0, 0.1) is 20.8 Å². The van der Waals surface area contributed by atoms with E-state index in [2.05, 4.69) is 9.71 Å². The maximum absolute atomic E-state index is 13.2. The van der Waals surface area contributed by atoms with Gasteiger partial charge in [0.25, 0.3) is 10.0 Å². The summed E-state index contributed by atoms with van der Waals surface area (Å²) in [4.78, 5) is 19.2. The Morgan fingerprint density at radius 2 is 1.94 bits per heavy atom. The van der Waals surface area contributed by atoms with E-state index in [4.69, 9.17) is 0 Å². The molecule has 0 bridgehead atoms. The van der Waals surface area contributed by atoms with Crippen LogP contribution < -0.4 is 4.72 Å². The molecule has 7 nitrogen and oxygen atoms in total. The minimum Gasteiger partial charge on any atom is -0.341 e. The number of amides is 1. The Morgan fingerprint density at radius 3 is 2.61 bits per heavy atom. The molecule has 1 amide bonds. The number of nitrogens with zero attached hydrogens (tertiary/aromatic N) is 3. The fourth-order valence-corrected chi connectivity index (χ4v) is 5.68. The molecule has 4 rings (SSSR count). The third kappa shape index (κ3) is 4.52. The topological polar surface area (TPSA) is 84.3 Å². The van der Waals surface area contributed by atoms with Crippen molar-refractivity contribution in [3.05, 3.63) is 52.7 Å². The molecule has 0 aliphatic carbocycles. The quantitative estimate of drug-likeness (QED) is 0.606. The standard InChI is InChI=1S/C22H26N4O3S2/c1-15-7-6-8-19(17(15)3)24-31(28,29)18-11-20(22-23-16(2)14-30-22)26(12-18)13-21(27)25-9-4-5-10-25/h6-8,11-12,14,24H,4-5,9-10,13H2,1-3H3. The zero-order valence-corrected chi connectivity index (χ0v) is 19.5. The fraction of sp³-hybridized carbons (Fsp3) is 0.364. The van der Waals surface area contributed by atoms with Crippen molar-refractivity contribution in [2.75, 3.05) is 17.8 Å². The second kappa shape index (κ2) is 8.47. The van der Waals surface area contributed by atoms with Gasteiger partial charge in [0, 0.05) is 30.4 Å². The molecule has 9 heteroatoms. The van der Waals surface area contributed by atoms with E-state index in [0.29, 0.717) is 16.4 Å². The average Bonchev–Trinajstić information content (AvgIpc) is 3.46. The molecule has 1 saturated heterocycles. The third-order valence-electron chi connectivity index (χ3n) is 5.63. The van der Waals surface area contributed by atoms with Crippen LogP contribution in [0.5, 0.6) is 0 Å². The lowest BCUT2D eigenvalue weighted by Crippen LogP contribution is -2.31. The van der Waals surface area contributed by atoms with Crippen LogP contribution in [0.3, 0.4) is 0 Å². The average molecular weight is 459 g/mol. The summed E-state index contributed by atoms with van der Waals surface area (Å²) in [6.07, 6.45) is 3.55. The number of aromatic nitrogens is 2. The van der Waals surface area contributed by atoms with Crippen molar-refractivity contribution in [1.29, 1.82) is 0 Å². The summed E-state index contributed by atoms with van der Waals surface area (Å²) < 4.78 is 30.7. The lowest BCUT2D eigenvalue weighted by atomic mass is 10.1. The van der Waals surface area contributed by atoms with Crippen molar-refractivity contribution in [2.45, 2.75) is 45.1 Å². The van der Waals surface area contributed by atoms with E-state index < -0.39 is 10.0 Å². The fourth-order valence-electron chi connectivity index (χ4n) is 3.69. The van der Waals surface area contributed by atoms with Gasteiger partial charge < -0.3 is 9.47 Å². The van der Waals surface area contributed by atoms with E-state index in [-0.39, 0.29) is 17.3 Å². The van der Waals surface area contributed by atoms with Crippen LogP contribution in [0.2, 0.25) is 0 Å². The molecule has 1 aromatic carbocycles. The van der Waals surface area contributed by atoms with Crippen LogP contribution in [0.1, 0.15) is 29.7 Å². The highest BCUT2D eigenvalue weighted by atomic mass is 32.2. The van der Waals surface area contributed by atoms with Gasteiger partial charge in [-0.05, 0) is 56.9 Å². The largest absolute Gasteiger partial charge is 0.341 e. The van der Waals surface area contributed by atoms with Gasteiger partial charge in [0.1, 0.15) is 16.4 Å². The Labute approximate surface area is 186 Å². The summed E-state index contributed by atoms with van der Waals surface area (Å²) in [6, 6.07) is 7.11. The summed E-state index contributed by atoms with van der Waals surface area (Å²) in [5.41, 5.74) is 3.93. The molecule has 0 radical (unpaired) electrons. The van der Waals surface area contributed by atoms with Gasteiger partial charge in [-0.3, -0.25) is 9.52 Å². The molecule has 1 aliphatic rings. The molecule has 3 heterocycles. The number of nitrogens with one attached hydrogen (secondary N) is 1. The normalized spacial score (nSPS) is 14.2. The SMILES string of the molecule is Cc1csc(-c2cc(S(=O)(=O)Nc3cccc(C)c3C)cn2CC(=O)N2CCCC2)n1. The first-order valence-electron chi connectivity index (χ1n) is 10.2. The monoisotopic (exact) mass is 458 g/mol. The molecule has 1 N–H and O–H groups in total. The van der Waals surface area contributed by atoms with Crippen molar-refractivity contribution < 1.29 is 13.2 Å². The second-order valence-electron chi connectivity index (χ2n) is 7.92. The van der Waals surface area contributed by atoms with Crippen molar-refractivity contribution >= 4 is 33.0 Å². The van der Waals surface area contributed by atoms with Crippen molar-refractivity contribution in [2.24, 2.45) is 0 Å².